The molecule has 1 atom stereocenters. The zero-order valence-electron chi connectivity index (χ0n) is 11.5. The summed E-state index contributed by atoms with van der Waals surface area (Å²) >= 11 is 1.72. The third-order valence-corrected chi connectivity index (χ3v) is 6.11. The number of thioether (sulfide) groups is 1. The van der Waals surface area contributed by atoms with Crippen LogP contribution in [0, 0.1) is 10.1 Å². The molecule has 2 rings (SSSR count). The molecule has 1 unspecified atom stereocenters. The molecule has 1 saturated heterocycles. The fourth-order valence-corrected chi connectivity index (χ4v) is 4.70. The van der Waals surface area contributed by atoms with Crippen molar-refractivity contribution in [3.63, 3.8) is 0 Å². The Bertz CT molecular complexity index is 627. The minimum Gasteiger partial charge on any atom is -0.388 e. The number of nitro benzene ring substituents is 1. The highest BCUT2D eigenvalue weighted by atomic mass is 32.2. The summed E-state index contributed by atoms with van der Waals surface area (Å²) in [6.45, 7) is 0.300. The van der Waals surface area contributed by atoms with Crippen LogP contribution in [0.4, 0.5) is 11.4 Å². The lowest BCUT2D eigenvalue weighted by Gasteiger charge is -2.12. The van der Waals surface area contributed by atoms with Gasteiger partial charge in [0, 0.05) is 30.6 Å². The highest BCUT2D eigenvalue weighted by Gasteiger charge is 2.27. The number of nitrogens with zero attached hydrogens (tertiary/aromatic N) is 1. The van der Waals surface area contributed by atoms with Gasteiger partial charge in [0.1, 0.15) is 0 Å². The van der Waals surface area contributed by atoms with Crippen LogP contribution < -0.4 is 10.0 Å². The summed E-state index contributed by atoms with van der Waals surface area (Å²) in [4.78, 5) is 10.0. The molecule has 1 aliphatic rings. The summed E-state index contributed by atoms with van der Waals surface area (Å²) < 4.78 is 27.1. The standard InChI is InChI=1S/C12H17N3O4S2/c1-13-9-4-5-11(15(16)17)12(7-9)21(18,19)14-8-10-3-2-6-20-10/h4-5,7,10,13-14H,2-3,6,8H2,1H3. The summed E-state index contributed by atoms with van der Waals surface area (Å²) in [5.41, 5.74) is 0.0943. The van der Waals surface area contributed by atoms with Crippen molar-refractivity contribution >= 4 is 33.2 Å². The molecule has 0 spiro atoms. The lowest BCUT2D eigenvalue weighted by Crippen LogP contribution is -2.30. The number of hydrogen-bond donors (Lipinski definition) is 2. The van der Waals surface area contributed by atoms with Crippen molar-refractivity contribution in [3.05, 3.63) is 28.3 Å². The quantitative estimate of drug-likeness (QED) is 0.609. The Hall–Kier alpha value is -1.32. The van der Waals surface area contributed by atoms with Crippen molar-refractivity contribution in [1.29, 1.82) is 0 Å². The number of nitro groups is 1. The topological polar surface area (TPSA) is 101 Å². The van der Waals surface area contributed by atoms with Crippen LogP contribution in [0.1, 0.15) is 12.8 Å². The van der Waals surface area contributed by atoms with Gasteiger partial charge in [0.05, 0.1) is 4.92 Å². The van der Waals surface area contributed by atoms with E-state index in [-0.39, 0.29) is 10.1 Å². The van der Waals surface area contributed by atoms with Crippen LogP contribution in [-0.2, 0) is 10.0 Å². The Labute approximate surface area is 127 Å². The van der Waals surface area contributed by atoms with Crippen LogP contribution in [0.15, 0.2) is 23.1 Å². The molecule has 0 aliphatic carbocycles. The van der Waals surface area contributed by atoms with E-state index in [9.17, 15) is 18.5 Å². The SMILES string of the molecule is CNc1ccc([N+](=O)[O-])c(S(=O)(=O)NCC2CCCS2)c1. The number of rotatable bonds is 6. The van der Waals surface area contributed by atoms with E-state index >= 15 is 0 Å². The Balaban J connectivity index is 2.26. The average Bonchev–Trinajstić information content (AvgIpc) is 2.98. The van der Waals surface area contributed by atoms with Crippen molar-refractivity contribution in [2.75, 3.05) is 24.7 Å². The third-order valence-electron chi connectivity index (χ3n) is 3.26. The van der Waals surface area contributed by atoms with Gasteiger partial charge in [-0.05, 0) is 30.7 Å². The number of nitrogens with one attached hydrogen (secondary N) is 2. The van der Waals surface area contributed by atoms with E-state index in [1.165, 1.54) is 18.2 Å². The summed E-state index contributed by atoms with van der Waals surface area (Å²) in [5, 5.41) is 14.0. The Kier molecular flexibility index (Phi) is 5.07. The zero-order valence-corrected chi connectivity index (χ0v) is 13.2. The normalized spacial score (nSPS) is 18.6. The molecule has 1 fully saturated rings. The summed E-state index contributed by atoms with van der Waals surface area (Å²) in [7, 11) is -2.28. The Morgan fingerprint density at radius 2 is 2.24 bits per heavy atom. The monoisotopic (exact) mass is 331 g/mol. The molecule has 7 nitrogen and oxygen atoms in total. The number of anilines is 1. The van der Waals surface area contributed by atoms with E-state index < -0.39 is 20.6 Å². The van der Waals surface area contributed by atoms with Crippen LogP contribution in [-0.4, -0.2) is 37.9 Å². The van der Waals surface area contributed by atoms with E-state index in [1.807, 2.05) is 0 Å². The highest BCUT2D eigenvalue weighted by molar-refractivity contribution is 8.00. The van der Waals surface area contributed by atoms with Gasteiger partial charge in [-0.3, -0.25) is 10.1 Å². The largest absolute Gasteiger partial charge is 0.388 e. The molecule has 1 heterocycles. The van der Waals surface area contributed by atoms with E-state index in [2.05, 4.69) is 10.0 Å². The molecule has 1 aliphatic heterocycles. The summed E-state index contributed by atoms with van der Waals surface area (Å²) in [6.07, 6.45) is 2.04. The predicted octanol–water partition coefficient (Wildman–Crippen LogP) is 1.81. The zero-order chi connectivity index (χ0) is 15.5. The molecule has 0 aromatic heterocycles. The smallest absolute Gasteiger partial charge is 0.289 e. The van der Waals surface area contributed by atoms with Gasteiger partial charge in [0.2, 0.25) is 10.0 Å². The molecule has 1 aromatic carbocycles. The van der Waals surface area contributed by atoms with E-state index in [0.717, 1.165) is 18.6 Å². The minimum atomic E-state index is -3.90. The second-order valence-electron chi connectivity index (χ2n) is 4.68. The average molecular weight is 331 g/mol. The molecule has 21 heavy (non-hydrogen) atoms. The predicted molar refractivity (Wildman–Crippen MR) is 83.3 cm³/mol. The van der Waals surface area contributed by atoms with E-state index in [0.29, 0.717) is 12.2 Å². The van der Waals surface area contributed by atoms with Gasteiger partial charge in [0.15, 0.2) is 4.90 Å². The molecular formula is C12H17N3O4S2. The first kappa shape index (κ1) is 16.1. The van der Waals surface area contributed by atoms with Crippen molar-refractivity contribution in [1.82, 2.24) is 4.72 Å². The maximum absolute atomic E-state index is 12.3. The molecule has 0 amide bonds. The molecule has 2 N–H and O–H groups in total. The molecule has 1 aromatic rings. The first-order chi connectivity index (χ1) is 9.94. The van der Waals surface area contributed by atoms with Crippen LogP contribution in [0.25, 0.3) is 0 Å². The van der Waals surface area contributed by atoms with Crippen molar-refractivity contribution < 1.29 is 13.3 Å². The van der Waals surface area contributed by atoms with Gasteiger partial charge in [-0.2, -0.15) is 11.8 Å². The maximum Gasteiger partial charge on any atom is 0.289 e. The third kappa shape index (κ3) is 3.86. The lowest BCUT2D eigenvalue weighted by molar-refractivity contribution is -0.387. The second-order valence-corrected chi connectivity index (χ2v) is 7.82. The van der Waals surface area contributed by atoms with Crippen LogP contribution >= 0.6 is 11.8 Å². The van der Waals surface area contributed by atoms with Crippen LogP contribution in [0.2, 0.25) is 0 Å². The van der Waals surface area contributed by atoms with E-state index in [4.69, 9.17) is 0 Å². The van der Waals surface area contributed by atoms with Gasteiger partial charge in [-0.25, -0.2) is 13.1 Å². The number of benzene rings is 1. The summed E-state index contributed by atoms with van der Waals surface area (Å²) in [6, 6.07) is 3.96. The highest BCUT2D eigenvalue weighted by Crippen LogP contribution is 2.28. The first-order valence-corrected chi connectivity index (χ1v) is 9.04. The van der Waals surface area contributed by atoms with E-state index in [1.54, 1.807) is 18.8 Å². The van der Waals surface area contributed by atoms with Gasteiger partial charge < -0.3 is 5.32 Å². The summed E-state index contributed by atoms with van der Waals surface area (Å²) in [5.74, 6) is 1.03. The number of sulfonamides is 1. The van der Waals surface area contributed by atoms with Gasteiger partial charge in [-0.1, -0.05) is 0 Å². The van der Waals surface area contributed by atoms with Crippen molar-refractivity contribution in [3.8, 4) is 0 Å². The fourth-order valence-electron chi connectivity index (χ4n) is 2.12. The lowest BCUT2D eigenvalue weighted by atomic mass is 10.2. The molecular weight excluding hydrogens is 314 g/mol. The molecule has 0 bridgehead atoms. The molecule has 0 saturated carbocycles. The van der Waals surface area contributed by atoms with Gasteiger partial charge in [-0.15, -0.1) is 0 Å². The molecule has 0 radical (unpaired) electrons. The van der Waals surface area contributed by atoms with Crippen molar-refractivity contribution in [2.24, 2.45) is 0 Å². The van der Waals surface area contributed by atoms with Gasteiger partial charge >= 0.3 is 0 Å². The Morgan fingerprint density at radius 1 is 1.48 bits per heavy atom. The second kappa shape index (κ2) is 6.63. The minimum absolute atomic E-state index is 0.242. The fraction of sp³-hybridized carbons (Fsp3) is 0.500. The van der Waals surface area contributed by atoms with Crippen LogP contribution in [0.3, 0.4) is 0 Å². The first-order valence-electron chi connectivity index (χ1n) is 6.51. The van der Waals surface area contributed by atoms with Crippen LogP contribution in [0.5, 0.6) is 0 Å². The number of hydrogen-bond acceptors (Lipinski definition) is 6. The maximum atomic E-state index is 12.3. The van der Waals surface area contributed by atoms with Crippen molar-refractivity contribution in [2.45, 2.75) is 23.0 Å². The molecule has 9 heteroatoms. The Morgan fingerprint density at radius 3 is 2.81 bits per heavy atom. The van der Waals surface area contributed by atoms with Gasteiger partial charge in [0.25, 0.3) is 5.69 Å². The molecule has 116 valence electrons.